The third-order valence-corrected chi connectivity index (χ3v) is 7.10. The maximum atomic E-state index is 13.0. The van der Waals surface area contributed by atoms with E-state index < -0.39 is 10.0 Å². The molecule has 1 aliphatic rings. The molecule has 0 unspecified atom stereocenters. The number of rotatable bonds is 4. The van der Waals surface area contributed by atoms with Gasteiger partial charge in [0.25, 0.3) is 5.91 Å². The predicted molar refractivity (Wildman–Crippen MR) is 110 cm³/mol. The van der Waals surface area contributed by atoms with Gasteiger partial charge >= 0.3 is 0 Å². The van der Waals surface area contributed by atoms with Crippen LogP contribution in [0.5, 0.6) is 0 Å². The average molecular weight is 414 g/mol. The lowest BCUT2D eigenvalue weighted by Gasteiger charge is -2.16. The first-order chi connectivity index (χ1) is 13.4. The van der Waals surface area contributed by atoms with Crippen molar-refractivity contribution in [1.29, 1.82) is 0 Å². The number of aromatic nitrogens is 1. The highest BCUT2D eigenvalue weighted by Crippen LogP contribution is 2.32. The molecule has 0 bridgehead atoms. The molecule has 0 radical (unpaired) electrons. The fraction of sp³-hybridized carbons (Fsp3) is 0.200. The summed E-state index contributed by atoms with van der Waals surface area (Å²) in [4.78, 5) is 19.4. The average Bonchev–Trinajstić information content (AvgIpc) is 3.35. The van der Waals surface area contributed by atoms with Crippen molar-refractivity contribution in [2.24, 2.45) is 0 Å². The zero-order valence-electron chi connectivity index (χ0n) is 15.5. The Morgan fingerprint density at radius 2 is 1.93 bits per heavy atom. The molecule has 1 aromatic heterocycles. The van der Waals surface area contributed by atoms with Crippen LogP contribution < -0.4 is 9.62 Å². The van der Waals surface area contributed by atoms with Gasteiger partial charge in [-0.05, 0) is 44.2 Å². The summed E-state index contributed by atoms with van der Waals surface area (Å²) in [7, 11) is -2.12. The largest absolute Gasteiger partial charge is 0.306 e. The SMILES string of the molecule is CNS(=O)(=O)c1ccc2c(c1)CCN2C(=O)c1csc(-c2ccc(C)cc2)n1. The molecule has 1 amide bonds. The Labute approximate surface area is 167 Å². The van der Waals surface area contributed by atoms with Gasteiger partial charge in [-0.15, -0.1) is 11.3 Å². The van der Waals surface area contributed by atoms with E-state index in [4.69, 9.17) is 0 Å². The maximum absolute atomic E-state index is 13.0. The zero-order valence-corrected chi connectivity index (χ0v) is 17.1. The van der Waals surface area contributed by atoms with Crippen molar-refractivity contribution in [3.8, 4) is 10.6 Å². The molecule has 6 nitrogen and oxygen atoms in total. The summed E-state index contributed by atoms with van der Waals surface area (Å²) in [6.45, 7) is 2.53. The van der Waals surface area contributed by atoms with Gasteiger partial charge in [0.05, 0.1) is 4.90 Å². The van der Waals surface area contributed by atoms with Crippen LogP contribution in [-0.4, -0.2) is 32.9 Å². The Kier molecular flexibility index (Phi) is 4.78. The molecule has 0 fully saturated rings. The number of anilines is 1. The van der Waals surface area contributed by atoms with Gasteiger partial charge in [-0.3, -0.25) is 4.79 Å². The first-order valence-electron chi connectivity index (χ1n) is 8.80. The number of hydrogen-bond acceptors (Lipinski definition) is 5. The summed E-state index contributed by atoms with van der Waals surface area (Å²) in [5.41, 5.74) is 4.15. The number of thiazole rings is 1. The third-order valence-electron chi connectivity index (χ3n) is 4.79. The number of sulfonamides is 1. The number of benzene rings is 2. The van der Waals surface area contributed by atoms with Crippen molar-refractivity contribution >= 4 is 33.0 Å². The molecule has 0 aliphatic carbocycles. The third kappa shape index (κ3) is 3.34. The van der Waals surface area contributed by atoms with Gasteiger partial charge in [-0.25, -0.2) is 18.1 Å². The van der Waals surface area contributed by atoms with E-state index >= 15 is 0 Å². The molecule has 0 spiro atoms. The Balaban J connectivity index is 1.60. The van der Waals surface area contributed by atoms with Gasteiger partial charge in [0.2, 0.25) is 10.0 Å². The summed E-state index contributed by atoms with van der Waals surface area (Å²) >= 11 is 1.44. The number of nitrogens with one attached hydrogen (secondary N) is 1. The van der Waals surface area contributed by atoms with Crippen LogP contribution >= 0.6 is 11.3 Å². The highest BCUT2D eigenvalue weighted by Gasteiger charge is 2.28. The maximum Gasteiger partial charge on any atom is 0.277 e. The Hall–Kier alpha value is -2.55. The van der Waals surface area contributed by atoms with Crippen LogP contribution in [0, 0.1) is 6.92 Å². The van der Waals surface area contributed by atoms with Crippen molar-refractivity contribution in [1.82, 2.24) is 9.71 Å². The lowest BCUT2D eigenvalue weighted by atomic mass is 10.2. The van der Waals surface area contributed by atoms with E-state index in [0.717, 1.165) is 21.8 Å². The molecule has 8 heteroatoms. The molecule has 0 saturated heterocycles. The number of carbonyl (C=O) groups excluding carboxylic acids is 1. The van der Waals surface area contributed by atoms with Gasteiger partial charge in [0, 0.05) is 23.2 Å². The highest BCUT2D eigenvalue weighted by atomic mass is 32.2. The number of amides is 1. The van der Waals surface area contributed by atoms with E-state index in [-0.39, 0.29) is 10.8 Å². The van der Waals surface area contributed by atoms with Crippen LogP contribution in [0.25, 0.3) is 10.6 Å². The topological polar surface area (TPSA) is 79.4 Å². The molecule has 3 aromatic rings. The zero-order chi connectivity index (χ0) is 19.9. The van der Waals surface area contributed by atoms with Crippen molar-refractivity contribution in [2.75, 3.05) is 18.5 Å². The van der Waals surface area contributed by atoms with Crippen LogP contribution in [0.3, 0.4) is 0 Å². The molecule has 2 heterocycles. The van der Waals surface area contributed by atoms with Crippen molar-refractivity contribution in [2.45, 2.75) is 18.2 Å². The molecule has 144 valence electrons. The summed E-state index contributed by atoms with van der Waals surface area (Å²) in [5.74, 6) is -0.169. The van der Waals surface area contributed by atoms with Crippen molar-refractivity contribution < 1.29 is 13.2 Å². The first-order valence-corrected chi connectivity index (χ1v) is 11.2. The minimum atomic E-state index is -3.50. The minimum absolute atomic E-state index is 0.169. The van der Waals surface area contributed by atoms with E-state index in [0.29, 0.717) is 18.7 Å². The summed E-state index contributed by atoms with van der Waals surface area (Å²) in [6.07, 6.45) is 0.614. The molecule has 1 aliphatic heterocycles. The first kappa shape index (κ1) is 18.8. The van der Waals surface area contributed by atoms with E-state index in [1.807, 2.05) is 31.2 Å². The molecular formula is C20H19N3O3S2. The summed E-state index contributed by atoms with van der Waals surface area (Å²) < 4.78 is 26.3. The van der Waals surface area contributed by atoms with Gasteiger partial charge in [0.15, 0.2) is 0 Å². The Bertz CT molecular complexity index is 1150. The molecule has 0 atom stereocenters. The summed E-state index contributed by atoms with van der Waals surface area (Å²) in [6, 6.07) is 12.9. The molecule has 0 saturated carbocycles. The van der Waals surface area contributed by atoms with E-state index in [1.165, 1.54) is 30.0 Å². The lowest BCUT2D eigenvalue weighted by Crippen LogP contribution is -2.29. The molecule has 2 aromatic carbocycles. The fourth-order valence-electron chi connectivity index (χ4n) is 3.21. The van der Waals surface area contributed by atoms with Gasteiger partial charge < -0.3 is 4.90 Å². The molecule has 28 heavy (non-hydrogen) atoms. The van der Waals surface area contributed by atoms with Crippen molar-refractivity contribution in [3.05, 3.63) is 64.7 Å². The standard InChI is InChI=1S/C20H19N3O3S2/c1-13-3-5-14(6-4-13)19-22-17(12-27-19)20(24)23-10-9-15-11-16(7-8-18(15)23)28(25,26)21-2/h3-8,11-12,21H,9-10H2,1-2H3. The van der Waals surface area contributed by atoms with Crippen LogP contribution in [0.15, 0.2) is 52.7 Å². The Morgan fingerprint density at radius 1 is 1.18 bits per heavy atom. The second kappa shape index (κ2) is 7.12. The number of hydrogen-bond donors (Lipinski definition) is 1. The minimum Gasteiger partial charge on any atom is -0.306 e. The lowest BCUT2D eigenvalue weighted by molar-refractivity contribution is 0.0985. The molecule has 4 rings (SSSR count). The highest BCUT2D eigenvalue weighted by molar-refractivity contribution is 7.89. The number of fused-ring (bicyclic) bond motifs is 1. The van der Waals surface area contributed by atoms with Crippen LogP contribution in [-0.2, 0) is 16.4 Å². The smallest absolute Gasteiger partial charge is 0.277 e. The van der Waals surface area contributed by atoms with Crippen molar-refractivity contribution in [3.63, 3.8) is 0 Å². The Morgan fingerprint density at radius 3 is 2.64 bits per heavy atom. The van der Waals surface area contributed by atoms with Crippen LogP contribution in [0.4, 0.5) is 5.69 Å². The fourth-order valence-corrected chi connectivity index (χ4v) is 4.79. The number of nitrogens with zero attached hydrogens (tertiary/aromatic N) is 2. The van der Waals surface area contributed by atoms with Crippen LogP contribution in [0.1, 0.15) is 21.6 Å². The van der Waals surface area contributed by atoms with Crippen LogP contribution in [0.2, 0.25) is 0 Å². The number of carbonyl (C=O) groups is 1. The van der Waals surface area contributed by atoms with E-state index in [9.17, 15) is 13.2 Å². The predicted octanol–water partition coefficient (Wildman–Crippen LogP) is 3.23. The second-order valence-corrected chi connectivity index (χ2v) is 9.35. The quantitative estimate of drug-likeness (QED) is 0.712. The normalized spacial score (nSPS) is 13.6. The van der Waals surface area contributed by atoms with Gasteiger partial charge in [-0.2, -0.15) is 0 Å². The van der Waals surface area contributed by atoms with E-state index in [1.54, 1.807) is 22.4 Å². The van der Waals surface area contributed by atoms with Gasteiger partial charge in [-0.1, -0.05) is 29.8 Å². The molecular weight excluding hydrogens is 394 g/mol. The number of aryl methyl sites for hydroxylation is 1. The van der Waals surface area contributed by atoms with E-state index in [2.05, 4.69) is 9.71 Å². The summed E-state index contributed by atoms with van der Waals surface area (Å²) in [5, 5.41) is 2.58. The monoisotopic (exact) mass is 413 g/mol. The second-order valence-electron chi connectivity index (χ2n) is 6.61. The molecule has 1 N–H and O–H groups in total. The van der Waals surface area contributed by atoms with Gasteiger partial charge in [0.1, 0.15) is 10.7 Å².